The van der Waals surface area contributed by atoms with Crippen molar-refractivity contribution in [3.8, 4) is 11.5 Å². The number of ether oxygens (including phenoxy) is 4. The molecular weight excluding hydrogens is 470 g/mol. The summed E-state index contributed by atoms with van der Waals surface area (Å²) in [5.41, 5.74) is 1.58. The van der Waals surface area contributed by atoms with Crippen LogP contribution in [0.25, 0.3) is 0 Å². The van der Waals surface area contributed by atoms with Crippen LogP contribution in [0.2, 0.25) is 0 Å². The zero-order chi connectivity index (χ0) is 26.2. The van der Waals surface area contributed by atoms with Gasteiger partial charge in [-0.1, -0.05) is 12.1 Å². The number of fused-ring (bicyclic) bond motifs is 2. The number of benzene rings is 2. The molecular formula is C25H29N3O8. The Bertz CT molecular complexity index is 1140. The molecule has 11 nitrogen and oxygen atoms in total. The van der Waals surface area contributed by atoms with E-state index in [9.17, 15) is 19.2 Å². The maximum absolute atomic E-state index is 13.4. The molecule has 0 atom stereocenters. The Morgan fingerprint density at radius 3 is 1.94 bits per heavy atom. The minimum absolute atomic E-state index is 0.0896. The number of rotatable bonds is 10. The third-order valence-electron chi connectivity index (χ3n) is 5.67. The smallest absolute Gasteiger partial charge is 0.406 e. The van der Waals surface area contributed by atoms with Crippen molar-refractivity contribution in [3.05, 3.63) is 58.1 Å². The van der Waals surface area contributed by atoms with Gasteiger partial charge >= 0.3 is 12.2 Å². The van der Waals surface area contributed by atoms with Crippen molar-refractivity contribution < 1.29 is 38.1 Å². The van der Waals surface area contributed by atoms with Gasteiger partial charge in [-0.3, -0.25) is 14.5 Å². The topological polar surface area (TPSA) is 133 Å². The standard InChI is InChI=1S/C25H29N3O8/c1-26-24(31)35-10-8-28(9-11-36-25(32)27-2)14-15-12-17-21(19(13-15)34-4)23(30)20-16(22(17)29)6-5-7-18(20)33-3/h5-7,12-13H,8-11,14H2,1-4H3,(H,26,31)(H,27,32). The number of hydrogen-bond donors (Lipinski definition) is 2. The molecule has 1 aliphatic carbocycles. The van der Waals surface area contributed by atoms with Crippen molar-refractivity contribution in [1.82, 2.24) is 15.5 Å². The average molecular weight is 500 g/mol. The Kier molecular flexibility index (Phi) is 8.85. The lowest BCUT2D eigenvalue weighted by atomic mass is 9.82. The number of carbonyl (C=O) groups is 4. The van der Waals surface area contributed by atoms with Gasteiger partial charge in [-0.15, -0.1) is 0 Å². The second kappa shape index (κ2) is 12.0. The van der Waals surface area contributed by atoms with Gasteiger partial charge in [-0.25, -0.2) is 9.59 Å². The molecule has 0 spiro atoms. The fourth-order valence-corrected chi connectivity index (χ4v) is 3.94. The van der Waals surface area contributed by atoms with Gasteiger partial charge in [0.25, 0.3) is 0 Å². The van der Waals surface area contributed by atoms with Crippen LogP contribution in [0, 0.1) is 0 Å². The summed E-state index contributed by atoms with van der Waals surface area (Å²) < 4.78 is 21.0. The minimum Gasteiger partial charge on any atom is -0.496 e. The molecule has 2 aromatic rings. The molecule has 0 saturated carbocycles. The lowest BCUT2D eigenvalue weighted by Crippen LogP contribution is -2.34. The molecule has 0 radical (unpaired) electrons. The van der Waals surface area contributed by atoms with Gasteiger partial charge in [-0.2, -0.15) is 0 Å². The number of methoxy groups -OCH3 is 2. The number of carbonyl (C=O) groups excluding carboxylic acids is 4. The van der Waals surface area contributed by atoms with E-state index in [-0.39, 0.29) is 52.8 Å². The quantitative estimate of drug-likeness (QED) is 0.430. The Morgan fingerprint density at radius 1 is 0.806 bits per heavy atom. The lowest BCUT2D eigenvalue weighted by molar-refractivity contribution is 0.0973. The Balaban J connectivity index is 1.90. The summed E-state index contributed by atoms with van der Waals surface area (Å²) in [6, 6.07) is 8.24. The Morgan fingerprint density at radius 2 is 1.39 bits per heavy atom. The van der Waals surface area contributed by atoms with Crippen LogP contribution in [0.3, 0.4) is 0 Å². The monoisotopic (exact) mass is 499 g/mol. The highest BCUT2D eigenvalue weighted by Crippen LogP contribution is 2.38. The highest BCUT2D eigenvalue weighted by Gasteiger charge is 2.35. The van der Waals surface area contributed by atoms with E-state index in [1.807, 2.05) is 4.90 Å². The summed E-state index contributed by atoms with van der Waals surface area (Å²) >= 11 is 0. The van der Waals surface area contributed by atoms with Gasteiger partial charge in [0, 0.05) is 44.9 Å². The summed E-state index contributed by atoms with van der Waals surface area (Å²) in [6.07, 6.45) is -1.13. The zero-order valence-electron chi connectivity index (χ0n) is 20.6. The van der Waals surface area contributed by atoms with Crippen LogP contribution in [0.1, 0.15) is 37.4 Å². The molecule has 0 heterocycles. The van der Waals surface area contributed by atoms with Crippen molar-refractivity contribution >= 4 is 23.8 Å². The predicted octanol–water partition coefficient (Wildman–Crippen LogP) is 1.99. The lowest BCUT2D eigenvalue weighted by Gasteiger charge is -2.25. The van der Waals surface area contributed by atoms with Gasteiger partial charge in [0.2, 0.25) is 5.78 Å². The van der Waals surface area contributed by atoms with Crippen LogP contribution < -0.4 is 20.1 Å². The first-order chi connectivity index (χ1) is 17.3. The Hall–Kier alpha value is -4.12. The molecule has 0 bridgehead atoms. The summed E-state index contributed by atoms with van der Waals surface area (Å²) in [5.74, 6) is -0.0759. The molecule has 11 heteroatoms. The van der Waals surface area contributed by atoms with Crippen LogP contribution in [-0.2, 0) is 16.0 Å². The van der Waals surface area contributed by atoms with E-state index in [0.717, 1.165) is 0 Å². The van der Waals surface area contributed by atoms with E-state index in [2.05, 4.69) is 10.6 Å². The van der Waals surface area contributed by atoms with Crippen molar-refractivity contribution in [1.29, 1.82) is 0 Å². The third kappa shape index (κ3) is 5.74. The molecule has 36 heavy (non-hydrogen) atoms. The molecule has 192 valence electrons. The molecule has 1 aliphatic rings. The molecule has 2 aromatic carbocycles. The van der Waals surface area contributed by atoms with Crippen LogP contribution in [0.15, 0.2) is 30.3 Å². The fourth-order valence-electron chi connectivity index (χ4n) is 3.94. The van der Waals surface area contributed by atoms with Crippen molar-refractivity contribution in [2.24, 2.45) is 0 Å². The van der Waals surface area contributed by atoms with Crippen molar-refractivity contribution in [2.45, 2.75) is 6.54 Å². The molecule has 0 aliphatic heterocycles. The second-order valence-electron chi connectivity index (χ2n) is 7.81. The van der Waals surface area contributed by atoms with E-state index in [1.54, 1.807) is 30.3 Å². The first-order valence-electron chi connectivity index (χ1n) is 11.2. The minimum atomic E-state index is -0.565. The summed E-state index contributed by atoms with van der Waals surface area (Å²) in [5, 5.41) is 4.75. The van der Waals surface area contributed by atoms with Gasteiger partial charge < -0.3 is 29.6 Å². The normalized spacial score (nSPS) is 11.9. The van der Waals surface area contributed by atoms with Crippen molar-refractivity contribution in [3.63, 3.8) is 0 Å². The number of ketones is 2. The Labute approximate surface area is 208 Å². The second-order valence-corrected chi connectivity index (χ2v) is 7.81. The molecule has 2 N–H and O–H groups in total. The summed E-state index contributed by atoms with van der Waals surface area (Å²) in [6.45, 7) is 1.15. The SMILES string of the molecule is CNC(=O)OCCN(CCOC(=O)NC)Cc1cc(OC)c2c(c1)C(=O)c1cccc(OC)c1C2=O. The number of amides is 2. The first kappa shape index (κ1) is 26.5. The van der Waals surface area contributed by atoms with E-state index in [4.69, 9.17) is 18.9 Å². The van der Waals surface area contributed by atoms with Gasteiger partial charge in [0.15, 0.2) is 5.78 Å². The highest BCUT2D eigenvalue weighted by molar-refractivity contribution is 6.30. The number of nitrogens with zero attached hydrogens (tertiary/aromatic N) is 1. The van der Waals surface area contributed by atoms with Crippen LogP contribution >= 0.6 is 0 Å². The maximum Gasteiger partial charge on any atom is 0.406 e. The molecule has 3 rings (SSSR count). The van der Waals surface area contributed by atoms with Gasteiger partial charge in [0.1, 0.15) is 24.7 Å². The van der Waals surface area contributed by atoms with Gasteiger partial charge in [0.05, 0.1) is 25.3 Å². The molecule has 0 unspecified atom stereocenters. The highest BCUT2D eigenvalue weighted by atomic mass is 16.6. The van der Waals surface area contributed by atoms with Crippen LogP contribution in [0.4, 0.5) is 9.59 Å². The number of nitrogens with one attached hydrogen (secondary N) is 2. The van der Waals surface area contributed by atoms with Crippen LogP contribution in [0.5, 0.6) is 11.5 Å². The molecule has 0 aromatic heterocycles. The average Bonchev–Trinajstić information content (AvgIpc) is 2.90. The van der Waals surface area contributed by atoms with E-state index in [1.165, 1.54) is 28.3 Å². The maximum atomic E-state index is 13.4. The fraction of sp³-hybridized carbons (Fsp3) is 0.360. The van der Waals surface area contributed by atoms with E-state index >= 15 is 0 Å². The largest absolute Gasteiger partial charge is 0.496 e. The first-order valence-corrected chi connectivity index (χ1v) is 11.2. The van der Waals surface area contributed by atoms with E-state index in [0.29, 0.717) is 30.9 Å². The summed E-state index contributed by atoms with van der Waals surface area (Å²) in [7, 11) is 5.80. The van der Waals surface area contributed by atoms with Crippen molar-refractivity contribution in [2.75, 3.05) is 54.6 Å². The molecule has 0 fully saturated rings. The van der Waals surface area contributed by atoms with Gasteiger partial charge in [-0.05, 0) is 23.8 Å². The number of hydrogen-bond acceptors (Lipinski definition) is 9. The predicted molar refractivity (Wildman–Crippen MR) is 129 cm³/mol. The third-order valence-corrected chi connectivity index (χ3v) is 5.67. The zero-order valence-corrected chi connectivity index (χ0v) is 20.6. The molecule has 0 saturated heterocycles. The molecule has 2 amide bonds. The summed E-state index contributed by atoms with van der Waals surface area (Å²) in [4.78, 5) is 51.5. The van der Waals surface area contributed by atoms with Crippen LogP contribution in [-0.4, -0.2) is 83.3 Å². The van der Waals surface area contributed by atoms with E-state index < -0.39 is 12.2 Å². The number of alkyl carbamates (subject to hydrolysis) is 2.